The number of nitrogens with one attached hydrogen (secondary N) is 1. The van der Waals surface area contributed by atoms with Gasteiger partial charge in [-0.2, -0.15) is 0 Å². The smallest absolute Gasteiger partial charge is 0.257 e. The van der Waals surface area contributed by atoms with Crippen molar-refractivity contribution in [2.24, 2.45) is 0 Å². The molecule has 0 aromatic heterocycles. The Kier molecular flexibility index (Phi) is 4.01. The molecule has 0 radical (unpaired) electrons. The molecular weight excluding hydrogens is 276 g/mol. The summed E-state index contributed by atoms with van der Waals surface area (Å²) in [7, 11) is 0. The average molecular weight is 292 g/mol. The molecule has 1 heterocycles. The molecule has 4 nitrogen and oxygen atoms in total. The highest BCUT2D eigenvalue weighted by Gasteiger charge is 2.21. The number of rotatable bonds is 3. The van der Waals surface area contributed by atoms with E-state index in [1.165, 1.54) is 0 Å². The van der Waals surface area contributed by atoms with Crippen LogP contribution in [0.3, 0.4) is 0 Å². The molecule has 0 saturated heterocycles. The molecule has 0 unspecified atom stereocenters. The van der Waals surface area contributed by atoms with E-state index in [2.05, 4.69) is 5.32 Å². The zero-order chi connectivity index (χ0) is 15.4. The number of nitrogens with zero attached hydrogens (tertiary/aromatic N) is 1. The van der Waals surface area contributed by atoms with Gasteiger partial charge in [-0.05, 0) is 24.3 Å². The summed E-state index contributed by atoms with van der Waals surface area (Å²) < 4.78 is 0. The van der Waals surface area contributed by atoms with E-state index < -0.39 is 0 Å². The molecule has 0 atom stereocenters. The zero-order valence-electron chi connectivity index (χ0n) is 12.0. The molecule has 110 valence electrons. The van der Waals surface area contributed by atoms with Crippen LogP contribution in [0.1, 0.15) is 27.1 Å². The van der Waals surface area contributed by atoms with Crippen molar-refractivity contribution in [1.29, 1.82) is 0 Å². The largest absolute Gasteiger partial charge is 0.324 e. The summed E-state index contributed by atoms with van der Waals surface area (Å²) in [5.74, 6) is -0.203. The van der Waals surface area contributed by atoms with Crippen LogP contribution in [-0.2, 0) is 0 Å². The number of hydrogen-bond acceptors (Lipinski definition) is 2. The zero-order valence-corrected chi connectivity index (χ0v) is 12.0. The van der Waals surface area contributed by atoms with Crippen LogP contribution in [0, 0.1) is 0 Å². The van der Waals surface area contributed by atoms with E-state index in [0.29, 0.717) is 24.1 Å². The fourth-order valence-electron chi connectivity index (χ4n) is 2.37. The van der Waals surface area contributed by atoms with Gasteiger partial charge >= 0.3 is 0 Å². The van der Waals surface area contributed by atoms with Crippen LogP contribution < -0.4 is 5.32 Å². The Morgan fingerprint density at radius 2 is 1.45 bits per heavy atom. The quantitative estimate of drug-likeness (QED) is 0.945. The van der Waals surface area contributed by atoms with Gasteiger partial charge in [-0.3, -0.25) is 9.59 Å². The minimum absolute atomic E-state index is 0.0513. The molecule has 1 aliphatic rings. The van der Waals surface area contributed by atoms with Crippen molar-refractivity contribution in [2.75, 3.05) is 6.54 Å². The number of carbonyl (C=O) groups is 2. The maximum absolute atomic E-state index is 12.3. The second kappa shape index (κ2) is 6.26. The van der Waals surface area contributed by atoms with Gasteiger partial charge in [0.2, 0.25) is 0 Å². The van der Waals surface area contributed by atoms with Gasteiger partial charge in [-0.25, -0.2) is 0 Å². The summed E-state index contributed by atoms with van der Waals surface area (Å²) in [6.07, 6.45) is 2.37. The van der Waals surface area contributed by atoms with Gasteiger partial charge in [0.05, 0.1) is 0 Å². The van der Waals surface area contributed by atoms with Crippen LogP contribution in [0.2, 0.25) is 0 Å². The fourth-order valence-corrected chi connectivity index (χ4v) is 2.37. The van der Waals surface area contributed by atoms with E-state index in [1.54, 1.807) is 35.4 Å². The van der Waals surface area contributed by atoms with Crippen molar-refractivity contribution in [1.82, 2.24) is 10.2 Å². The maximum Gasteiger partial charge on any atom is 0.257 e. The lowest BCUT2D eigenvalue weighted by Gasteiger charge is -2.12. The topological polar surface area (TPSA) is 49.4 Å². The summed E-state index contributed by atoms with van der Waals surface area (Å²) >= 11 is 0. The van der Waals surface area contributed by atoms with Gasteiger partial charge < -0.3 is 10.2 Å². The molecular formula is C18H16N2O2. The van der Waals surface area contributed by atoms with Crippen LogP contribution in [0.4, 0.5) is 0 Å². The third-order valence-electron chi connectivity index (χ3n) is 3.53. The first-order valence-corrected chi connectivity index (χ1v) is 7.17. The molecule has 2 aromatic rings. The molecule has 3 rings (SSSR count). The lowest BCUT2D eigenvalue weighted by Crippen LogP contribution is -2.23. The van der Waals surface area contributed by atoms with Crippen molar-refractivity contribution in [3.05, 3.63) is 83.7 Å². The van der Waals surface area contributed by atoms with Gasteiger partial charge in [-0.1, -0.05) is 36.4 Å². The standard InChI is InChI=1S/C18H16N2O2/c21-17(14-7-3-1-4-8-14)19-16-11-12-20(13-16)18(22)15-9-5-2-6-10-15/h1-10,13H,11-12H2,(H,19,21). The summed E-state index contributed by atoms with van der Waals surface area (Å²) in [5.41, 5.74) is 2.02. The van der Waals surface area contributed by atoms with Crippen molar-refractivity contribution in [3.63, 3.8) is 0 Å². The predicted octanol–water partition coefficient (Wildman–Crippen LogP) is 2.80. The van der Waals surface area contributed by atoms with Crippen molar-refractivity contribution in [3.8, 4) is 0 Å². The summed E-state index contributed by atoms with van der Waals surface area (Å²) in [6, 6.07) is 18.2. The number of amides is 2. The lowest BCUT2D eigenvalue weighted by atomic mass is 10.2. The molecule has 2 amide bonds. The molecule has 2 aromatic carbocycles. The minimum atomic E-state index is -0.152. The SMILES string of the molecule is O=C(NC1=CN(C(=O)c2ccccc2)CC1)c1ccccc1. The molecule has 22 heavy (non-hydrogen) atoms. The second-order valence-electron chi connectivity index (χ2n) is 5.09. The van der Waals surface area contributed by atoms with Crippen molar-refractivity contribution in [2.45, 2.75) is 6.42 Å². The first-order chi connectivity index (χ1) is 10.7. The Balaban J connectivity index is 1.67. The van der Waals surface area contributed by atoms with Gasteiger partial charge in [0.15, 0.2) is 0 Å². The van der Waals surface area contributed by atoms with E-state index in [0.717, 1.165) is 5.70 Å². The van der Waals surface area contributed by atoms with Crippen molar-refractivity contribution < 1.29 is 9.59 Å². The third-order valence-corrected chi connectivity index (χ3v) is 3.53. The van der Waals surface area contributed by atoms with E-state index in [4.69, 9.17) is 0 Å². The van der Waals surface area contributed by atoms with E-state index >= 15 is 0 Å². The highest BCUT2D eigenvalue weighted by atomic mass is 16.2. The highest BCUT2D eigenvalue weighted by molar-refractivity contribution is 5.96. The molecule has 1 N–H and O–H groups in total. The van der Waals surface area contributed by atoms with Gasteiger partial charge in [0, 0.05) is 36.0 Å². The fraction of sp³-hybridized carbons (Fsp3) is 0.111. The molecule has 0 bridgehead atoms. The first-order valence-electron chi connectivity index (χ1n) is 7.17. The Labute approximate surface area is 129 Å². The lowest BCUT2D eigenvalue weighted by molar-refractivity contribution is 0.0832. The first kappa shape index (κ1) is 14.1. The van der Waals surface area contributed by atoms with Crippen LogP contribution in [0.15, 0.2) is 72.6 Å². The van der Waals surface area contributed by atoms with E-state index in [9.17, 15) is 9.59 Å². The van der Waals surface area contributed by atoms with Crippen LogP contribution in [0.5, 0.6) is 0 Å². The van der Waals surface area contributed by atoms with Gasteiger partial charge in [0.25, 0.3) is 11.8 Å². The Morgan fingerprint density at radius 1 is 0.864 bits per heavy atom. The molecule has 0 aliphatic carbocycles. The Morgan fingerprint density at radius 3 is 2.09 bits per heavy atom. The van der Waals surface area contributed by atoms with Crippen molar-refractivity contribution >= 4 is 11.8 Å². The molecule has 0 spiro atoms. The normalized spacial score (nSPS) is 13.6. The van der Waals surface area contributed by atoms with Gasteiger partial charge in [-0.15, -0.1) is 0 Å². The predicted molar refractivity (Wildman–Crippen MR) is 84.1 cm³/mol. The Hall–Kier alpha value is -2.88. The number of carbonyl (C=O) groups excluding carboxylic acids is 2. The summed E-state index contributed by atoms with van der Waals surface area (Å²) in [5, 5.41) is 2.86. The van der Waals surface area contributed by atoms with E-state index in [-0.39, 0.29) is 11.8 Å². The summed E-state index contributed by atoms with van der Waals surface area (Å²) in [4.78, 5) is 26.0. The molecule has 0 saturated carbocycles. The number of hydrogen-bond donors (Lipinski definition) is 1. The van der Waals surface area contributed by atoms with Crippen LogP contribution in [-0.4, -0.2) is 23.3 Å². The summed E-state index contributed by atoms with van der Waals surface area (Å²) in [6.45, 7) is 0.581. The number of benzene rings is 2. The maximum atomic E-state index is 12.3. The second-order valence-corrected chi connectivity index (χ2v) is 5.09. The molecule has 1 aliphatic heterocycles. The highest BCUT2D eigenvalue weighted by Crippen LogP contribution is 2.16. The van der Waals surface area contributed by atoms with Crippen LogP contribution in [0.25, 0.3) is 0 Å². The van der Waals surface area contributed by atoms with Gasteiger partial charge in [0.1, 0.15) is 0 Å². The Bertz CT molecular complexity index is 708. The minimum Gasteiger partial charge on any atom is -0.324 e. The third kappa shape index (κ3) is 3.06. The monoisotopic (exact) mass is 292 g/mol. The van der Waals surface area contributed by atoms with Crippen LogP contribution >= 0.6 is 0 Å². The molecule has 4 heteroatoms. The molecule has 0 fully saturated rings. The average Bonchev–Trinajstić information content (AvgIpc) is 3.04. The van der Waals surface area contributed by atoms with E-state index in [1.807, 2.05) is 36.4 Å².